The molecule has 1 aromatic carbocycles. The van der Waals surface area contributed by atoms with Crippen molar-refractivity contribution in [1.29, 1.82) is 0 Å². The zero-order chi connectivity index (χ0) is 10.3. The lowest BCUT2D eigenvalue weighted by atomic mass is 10.3. The van der Waals surface area contributed by atoms with Crippen molar-refractivity contribution in [3.8, 4) is 0 Å². The molecule has 2 rings (SSSR count). The van der Waals surface area contributed by atoms with Gasteiger partial charge in [0.15, 0.2) is 0 Å². The van der Waals surface area contributed by atoms with Crippen molar-refractivity contribution in [2.75, 3.05) is 0 Å². The van der Waals surface area contributed by atoms with Crippen molar-refractivity contribution in [1.82, 2.24) is 9.55 Å². The van der Waals surface area contributed by atoms with Crippen molar-refractivity contribution < 1.29 is 0 Å². The van der Waals surface area contributed by atoms with Crippen LogP contribution >= 0.6 is 34.8 Å². The lowest BCUT2D eigenvalue weighted by Crippen LogP contribution is -2.13. The molecule has 0 atom stereocenters. The van der Waals surface area contributed by atoms with E-state index in [1.807, 2.05) is 31.2 Å². The summed E-state index contributed by atoms with van der Waals surface area (Å²) < 4.78 is 0.0905. The number of aromatic nitrogens is 2. The van der Waals surface area contributed by atoms with Crippen LogP contribution in [0.25, 0.3) is 11.0 Å². The summed E-state index contributed by atoms with van der Waals surface area (Å²) in [6.45, 7) is 1.81. The van der Waals surface area contributed by atoms with Crippen LogP contribution in [-0.2, 0) is 3.92 Å². The maximum atomic E-state index is 5.84. The summed E-state index contributed by atoms with van der Waals surface area (Å²) in [7, 11) is 0. The summed E-state index contributed by atoms with van der Waals surface area (Å²) in [5.74, 6) is 0.686. The lowest BCUT2D eigenvalue weighted by Gasteiger charge is -2.15. The van der Waals surface area contributed by atoms with Crippen molar-refractivity contribution in [3.05, 3.63) is 30.1 Å². The molecule has 0 radical (unpaired) electrons. The van der Waals surface area contributed by atoms with Crippen molar-refractivity contribution >= 4 is 45.8 Å². The maximum Gasteiger partial charge on any atom is 0.273 e. The molecule has 1 heterocycles. The van der Waals surface area contributed by atoms with E-state index in [4.69, 9.17) is 34.8 Å². The van der Waals surface area contributed by atoms with Crippen LogP contribution in [0.4, 0.5) is 0 Å². The average molecular weight is 250 g/mol. The second-order valence-corrected chi connectivity index (χ2v) is 5.17. The summed E-state index contributed by atoms with van der Waals surface area (Å²) in [4.78, 5) is 4.29. The smallest absolute Gasteiger partial charge is 0.273 e. The molecule has 2 aromatic rings. The number of rotatable bonds is 0. The van der Waals surface area contributed by atoms with Gasteiger partial charge in [-0.05, 0) is 19.1 Å². The van der Waals surface area contributed by atoms with E-state index in [1.54, 1.807) is 4.57 Å². The Balaban J connectivity index is 2.81. The van der Waals surface area contributed by atoms with E-state index in [0.717, 1.165) is 11.0 Å². The zero-order valence-corrected chi connectivity index (χ0v) is 9.61. The van der Waals surface area contributed by atoms with Gasteiger partial charge in [0.25, 0.3) is 3.92 Å². The Labute approximate surface area is 96.4 Å². The van der Waals surface area contributed by atoms with E-state index >= 15 is 0 Å². The van der Waals surface area contributed by atoms with Gasteiger partial charge in [-0.1, -0.05) is 46.9 Å². The van der Waals surface area contributed by atoms with Gasteiger partial charge in [-0.3, -0.25) is 4.57 Å². The number of aryl methyl sites for hydroxylation is 1. The van der Waals surface area contributed by atoms with Crippen LogP contribution in [-0.4, -0.2) is 9.55 Å². The van der Waals surface area contributed by atoms with Crippen LogP contribution in [0.1, 0.15) is 5.82 Å². The molecule has 0 saturated heterocycles. The Morgan fingerprint density at radius 3 is 2.50 bits per heavy atom. The Bertz CT molecular complexity index is 470. The van der Waals surface area contributed by atoms with Crippen LogP contribution in [0.5, 0.6) is 0 Å². The number of benzene rings is 1. The van der Waals surface area contributed by atoms with Gasteiger partial charge in [-0.15, -0.1) is 0 Å². The van der Waals surface area contributed by atoms with Gasteiger partial charge in [0.05, 0.1) is 11.0 Å². The third kappa shape index (κ3) is 1.58. The number of imidazole rings is 1. The predicted molar refractivity (Wildman–Crippen MR) is 60.0 cm³/mol. The van der Waals surface area contributed by atoms with E-state index < -0.39 is 3.92 Å². The molecule has 0 amide bonds. The molecule has 0 unspecified atom stereocenters. The number of nitrogens with zero attached hydrogens (tertiary/aromatic N) is 2. The van der Waals surface area contributed by atoms with Gasteiger partial charge in [0.2, 0.25) is 0 Å². The average Bonchev–Trinajstić information content (AvgIpc) is 2.38. The number of alkyl halides is 3. The fourth-order valence-electron chi connectivity index (χ4n) is 1.47. The van der Waals surface area contributed by atoms with E-state index in [0.29, 0.717) is 5.82 Å². The van der Waals surface area contributed by atoms with E-state index in [9.17, 15) is 0 Å². The van der Waals surface area contributed by atoms with Crippen LogP contribution < -0.4 is 0 Å². The Morgan fingerprint density at radius 2 is 1.86 bits per heavy atom. The molecular formula is C9H7Cl3N2. The molecule has 2 nitrogen and oxygen atoms in total. The highest BCUT2D eigenvalue weighted by atomic mass is 35.6. The van der Waals surface area contributed by atoms with Crippen LogP contribution in [0, 0.1) is 6.92 Å². The summed E-state index contributed by atoms with van der Waals surface area (Å²) in [5.41, 5.74) is 1.65. The highest BCUT2D eigenvalue weighted by Gasteiger charge is 2.26. The largest absolute Gasteiger partial charge is 0.282 e. The lowest BCUT2D eigenvalue weighted by molar-refractivity contribution is 0.776. The first-order chi connectivity index (χ1) is 6.50. The quantitative estimate of drug-likeness (QED) is 0.652. The van der Waals surface area contributed by atoms with E-state index in [-0.39, 0.29) is 0 Å². The van der Waals surface area contributed by atoms with E-state index in [2.05, 4.69) is 4.98 Å². The van der Waals surface area contributed by atoms with Gasteiger partial charge < -0.3 is 0 Å². The van der Waals surface area contributed by atoms with Gasteiger partial charge in [-0.2, -0.15) is 0 Å². The zero-order valence-electron chi connectivity index (χ0n) is 7.34. The van der Waals surface area contributed by atoms with Gasteiger partial charge in [0.1, 0.15) is 5.82 Å². The highest BCUT2D eigenvalue weighted by Crippen LogP contribution is 2.36. The molecule has 5 heteroatoms. The van der Waals surface area contributed by atoms with Crippen molar-refractivity contribution in [2.24, 2.45) is 0 Å². The number of para-hydroxylation sites is 2. The molecular weight excluding hydrogens is 242 g/mol. The summed E-state index contributed by atoms with van der Waals surface area (Å²) in [5, 5.41) is 0. The second kappa shape index (κ2) is 3.30. The minimum atomic E-state index is -1.49. The molecule has 14 heavy (non-hydrogen) atoms. The van der Waals surface area contributed by atoms with Crippen molar-refractivity contribution in [2.45, 2.75) is 10.8 Å². The summed E-state index contributed by atoms with van der Waals surface area (Å²) >= 11 is 17.5. The molecule has 0 spiro atoms. The molecule has 0 aliphatic heterocycles. The molecule has 0 N–H and O–H groups in total. The number of fused-ring (bicyclic) bond motifs is 1. The first-order valence-corrected chi connectivity index (χ1v) is 5.15. The summed E-state index contributed by atoms with van der Waals surface area (Å²) in [6, 6.07) is 7.54. The minimum Gasteiger partial charge on any atom is -0.282 e. The predicted octanol–water partition coefficient (Wildman–Crippen LogP) is 3.63. The van der Waals surface area contributed by atoms with Gasteiger partial charge in [0, 0.05) is 0 Å². The second-order valence-electron chi connectivity index (χ2n) is 2.95. The topological polar surface area (TPSA) is 17.8 Å². The monoisotopic (exact) mass is 248 g/mol. The van der Waals surface area contributed by atoms with Crippen LogP contribution in [0.2, 0.25) is 0 Å². The maximum absolute atomic E-state index is 5.84. The number of hydrogen-bond donors (Lipinski definition) is 0. The van der Waals surface area contributed by atoms with Crippen molar-refractivity contribution in [3.63, 3.8) is 0 Å². The third-order valence-electron chi connectivity index (χ3n) is 1.98. The first kappa shape index (κ1) is 10.1. The summed E-state index contributed by atoms with van der Waals surface area (Å²) in [6.07, 6.45) is 0. The number of hydrogen-bond acceptors (Lipinski definition) is 1. The van der Waals surface area contributed by atoms with Crippen LogP contribution in [0.15, 0.2) is 24.3 Å². The van der Waals surface area contributed by atoms with Gasteiger partial charge in [-0.25, -0.2) is 4.98 Å². The molecule has 74 valence electrons. The Hall–Kier alpha value is -0.440. The minimum absolute atomic E-state index is 0.686. The van der Waals surface area contributed by atoms with Gasteiger partial charge >= 0.3 is 0 Å². The third-order valence-corrected chi connectivity index (χ3v) is 2.49. The molecule has 0 aliphatic carbocycles. The number of halogens is 3. The SMILES string of the molecule is Cc1nc2ccccc2n1C(Cl)(Cl)Cl. The first-order valence-electron chi connectivity index (χ1n) is 4.01. The Morgan fingerprint density at radius 1 is 1.21 bits per heavy atom. The van der Waals surface area contributed by atoms with E-state index in [1.165, 1.54) is 0 Å². The normalized spacial score (nSPS) is 12.3. The molecule has 0 bridgehead atoms. The highest BCUT2D eigenvalue weighted by molar-refractivity contribution is 6.64. The molecule has 0 fully saturated rings. The molecule has 1 aromatic heterocycles. The fraction of sp³-hybridized carbons (Fsp3) is 0.222. The standard InChI is InChI=1S/C9H7Cl3N2/c1-6-13-7-4-2-3-5-8(7)14(6)9(10,11)12/h2-5H,1H3. The molecule has 0 saturated carbocycles. The Kier molecular flexibility index (Phi) is 2.38. The molecule has 0 aliphatic rings. The fourth-order valence-corrected chi connectivity index (χ4v) is 2.11. The van der Waals surface area contributed by atoms with Crippen LogP contribution in [0.3, 0.4) is 0 Å².